The Morgan fingerprint density at radius 2 is 2.00 bits per heavy atom. The van der Waals surface area contributed by atoms with Gasteiger partial charge in [0.2, 0.25) is 0 Å². The van der Waals surface area contributed by atoms with Crippen molar-refractivity contribution >= 4 is 23.2 Å². The van der Waals surface area contributed by atoms with Crippen molar-refractivity contribution in [1.82, 2.24) is 10.3 Å². The van der Waals surface area contributed by atoms with Crippen LogP contribution < -0.4 is 5.32 Å². The number of aromatic nitrogens is 1. The lowest BCUT2D eigenvalue weighted by molar-refractivity contribution is -0.139. The molecule has 122 valence electrons. The Morgan fingerprint density at radius 1 is 1.36 bits per heavy atom. The number of rotatable bonds is 6. The maximum Gasteiger partial charge on any atom is 0.326 e. The van der Waals surface area contributed by atoms with Crippen molar-refractivity contribution in [1.29, 1.82) is 0 Å². The second kappa shape index (κ2) is 7.22. The number of carboxylic acids is 1. The van der Waals surface area contributed by atoms with Crippen LogP contribution in [0.3, 0.4) is 0 Å². The molecule has 6 heteroatoms. The van der Waals surface area contributed by atoms with Crippen LogP contribution in [0.1, 0.15) is 72.2 Å². The number of amides is 1. The molecule has 1 aliphatic carbocycles. The maximum absolute atomic E-state index is 12.4. The first kappa shape index (κ1) is 16.9. The maximum atomic E-state index is 12.4. The van der Waals surface area contributed by atoms with E-state index in [0.717, 1.165) is 17.8 Å². The molecule has 0 spiro atoms. The van der Waals surface area contributed by atoms with Gasteiger partial charge in [0, 0.05) is 5.92 Å². The smallest absolute Gasteiger partial charge is 0.326 e. The van der Waals surface area contributed by atoms with Crippen molar-refractivity contribution in [3.8, 4) is 0 Å². The Labute approximate surface area is 135 Å². The molecule has 5 nitrogen and oxygen atoms in total. The van der Waals surface area contributed by atoms with E-state index in [-0.39, 0.29) is 11.8 Å². The second-order valence-corrected chi connectivity index (χ2v) is 7.47. The summed E-state index contributed by atoms with van der Waals surface area (Å²) >= 11 is 1.42. The minimum Gasteiger partial charge on any atom is -0.480 e. The van der Waals surface area contributed by atoms with Crippen LogP contribution >= 0.6 is 11.3 Å². The highest BCUT2D eigenvalue weighted by atomic mass is 32.1. The molecule has 1 aliphatic rings. The number of carbonyl (C=O) groups is 2. The first-order chi connectivity index (χ1) is 10.4. The molecule has 0 bridgehead atoms. The van der Waals surface area contributed by atoms with E-state index < -0.39 is 12.0 Å². The van der Waals surface area contributed by atoms with Crippen LogP contribution in [-0.2, 0) is 4.79 Å². The zero-order valence-corrected chi connectivity index (χ0v) is 14.2. The van der Waals surface area contributed by atoms with Crippen molar-refractivity contribution in [2.24, 2.45) is 5.92 Å². The summed E-state index contributed by atoms with van der Waals surface area (Å²) < 4.78 is 0. The van der Waals surface area contributed by atoms with Gasteiger partial charge in [0.15, 0.2) is 0 Å². The molecular weight excluding hydrogens is 300 g/mol. The van der Waals surface area contributed by atoms with Gasteiger partial charge < -0.3 is 10.4 Å². The van der Waals surface area contributed by atoms with Gasteiger partial charge in [0.1, 0.15) is 10.9 Å². The predicted molar refractivity (Wildman–Crippen MR) is 86.4 cm³/mol. The van der Waals surface area contributed by atoms with Gasteiger partial charge in [-0.1, -0.05) is 26.7 Å². The molecule has 1 saturated carbocycles. The van der Waals surface area contributed by atoms with Crippen molar-refractivity contribution in [2.45, 2.75) is 64.8 Å². The fourth-order valence-electron chi connectivity index (χ4n) is 2.89. The van der Waals surface area contributed by atoms with E-state index in [1.807, 2.05) is 20.8 Å². The van der Waals surface area contributed by atoms with Gasteiger partial charge in [-0.3, -0.25) is 4.79 Å². The van der Waals surface area contributed by atoms with Crippen LogP contribution in [-0.4, -0.2) is 28.0 Å². The van der Waals surface area contributed by atoms with Gasteiger partial charge in [-0.2, -0.15) is 0 Å². The number of hydrogen-bond acceptors (Lipinski definition) is 4. The molecule has 0 aliphatic heterocycles. The highest BCUT2D eigenvalue weighted by molar-refractivity contribution is 7.13. The predicted octanol–water partition coefficient (Wildman–Crippen LogP) is 3.34. The largest absolute Gasteiger partial charge is 0.480 e. The number of thiazole rings is 1. The van der Waals surface area contributed by atoms with Crippen molar-refractivity contribution in [2.75, 3.05) is 0 Å². The lowest BCUT2D eigenvalue weighted by Gasteiger charge is -2.16. The summed E-state index contributed by atoms with van der Waals surface area (Å²) in [6.07, 6.45) is 5.15. The summed E-state index contributed by atoms with van der Waals surface area (Å²) in [7, 11) is 0. The van der Waals surface area contributed by atoms with Gasteiger partial charge in [-0.05, 0) is 32.1 Å². The molecular formula is C16H24N2O3S. The van der Waals surface area contributed by atoms with Crippen molar-refractivity contribution in [3.05, 3.63) is 15.6 Å². The molecule has 1 aromatic rings. The lowest BCUT2D eigenvalue weighted by Crippen LogP contribution is -2.41. The zero-order chi connectivity index (χ0) is 16.3. The Hall–Kier alpha value is -1.43. The molecule has 2 N–H and O–H groups in total. The molecule has 1 fully saturated rings. The van der Waals surface area contributed by atoms with Crippen LogP contribution in [0.25, 0.3) is 0 Å². The average molecular weight is 324 g/mol. The van der Waals surface area contributed by atoms with E-state index in [2.05, 4.69) is 10.3 Å². The first-order valence-corrected chi connectivity index (χ1v) is 8.71. The third kappa shape index (κ3) is 4.06. The fourth-order valence-corrected chi connectivity index (χ4v) is 4.03. The summed E-state index contributed by atoms with van der Waals surface area (Å²) in [6.45, 7) is 5.71. The first-order valence-electron chi connectivity index (χ1n) is 7.89. The highest BCUT2D eigenvalue weighted by Gasteiger charge is 2.26. The molecule has 1 atom stereocenters. The van der Waals surface area contributed by atoms with Crippen molar-refractivity contribution < 1.29 is 14.7 Å². The van der Waals surface area contributed by atoms with E-state index in [1.165, 1.54) is 24.2 Å². The number of carboxylic acid groups (broad SMARTS) is 1. The van der Waals surface area contributed by atoms with Gasteiger partial charge in [-0.25, -0.2) is 9.78 Å². The SMILES string of the molecule is Cc1nc(C2CCCC2)sc1C(=O)N[C@H](CC(C)C)C(=O)O. The van der Waals surface area contributed by atoms with E-state index >= 15 is 0 Å². The van der Waals surface area contributed by atoms with E-state index in [9.17, 15) is 14.7 Å². The monoisotopic (exact) mass is 324 g/mol. The molecule has 1 heterocycles. The summed E-state index contributed by atoms with van der Waals surface area (Å²) in [5.41, 5.74) is 0.707. The Morgan fingerprint density at radius 3 is 2.55 bits per heavy atom. The highest BCUT2D eigenvalue weighted by Crippen LogP contribution is 2.37. The van der Waals surface area contributed by atoms with Crippen LogP contribution in [0.4, 0.5) is 0 Å². The number of aliphatic carboxylic acids is 1. The molecule has 0 aromatic carbocycles. The molecule has 2 rings (SSSR count). The minimum absolute atomic E-state index is 0.206. The third-order valence-corrected chi connectivity index (χ3v) is 5.35. The number of nitrogens with one attached hydrogen (secondary N) is 1. The number of carbonyl (C=O) groups excluding carboxylic acids is 1. The lowest BCUT2D eigenvalue weighted by atomic mass is 10.0. The van der Waals surface area contributed by atoms with E-state index in [4.69, 9.17) is 0 Å². The van der Waals surface area contributed by atoms with Gasteiger partial charge >= 0.3 is 5.97 Å². The summed E-state index contributed by atoms with van der Waals surface area (Å²) in [6, 6.07) is -0.844. The van der Waals surface area contributed by atoms with E-state index in [1.54, 1.807) is 0 Å². The molecule has 22 heavy (non-hydrogen) atoms. The van der Waals surface area contributed by atoms with Crippen LogP contribution in [0.5, 0.6) is 0 Å². The van der Waals surface area contributed by atoms with Crippen LogP contribution in [0.15, 0.2) is 0 Å². The molecule has 0 unspecified atom stereocenters. The summed E-state index contributed by atoms with van der Waals surface area (Å²) in [4.78, 5) is 28.7. The number of hydrogen-bond donors (Lipinski definition) is 2. The standard InChI is InChI=1S/C16H24N2O3S/c1-9(2)8-12(16(20)21)18-14(19)13-10(3)17-15(22-13)11-6-4-5-7-11/h9,11-12H,4-8H2,1-3H3,(H,18,19)(H,20,21)/t12-/m1/s1. The van der Waals surface area contributed by atoms with Crippen molar-refractivity contribution in [3.63, 3.8) is 0 Å². The quantitative estimate of drug-likeness (QED) is 0.841. The zero-order valence-electron chi connectivity index (χ0n) is 13.4. The topological polar surface area (TPSA) is 79.3 Å². The molecule has 1 amide bonds. The average Bonchev–Trinajstić information content (AvgIpc) is 3.05. The number of aryl methyl sites for hydroxylation is 1. The third-order valence-electron chi connectivity index (χ3n) is 4.03. The Kier molecular flexibility index (Phi) is 5.56. The minimum atomic E-state index is -0.986. The van der Waals surface area contributed by atoms with Crippen LogP contribution in [0.2, 0.25) is 0 Å². The summed E-state index contributed by atoms with van der Waals surface area (Å²) in [5.74, 6) is -0.623. The van der Waals surface area contributed by atoms with Gasteiger partial charge in [0.05, 0.1) is 10.7 Å². The van der Waals surface area contributed by atoms with Gasteiger partial charge in [0.25, 0.3) is 5.91 Å². The van der Waals surface area contributed by atoms with Crippen LogP contribution in [0, 0.1) is 12.8 Å². The van der Waals surface area contributed by atoms with Gasteiger partial charge in [-0.15, -0.1) is 11.3 Å². The second-order valence-electron chi connectivity index (χ2n) is 6.44. The Balaban J connectivity index is 2.09. The number of nitrogens with zero attached hydrogens (tertiary/aromatic N) is 1. The fraction of sp³-hybridized carbons (Fsp3) is 0.688. The van der Waals surface area contributed by atoms with E-state index in [0.29, 0.717) is 22.9 Å². The molecule has 0 saturated heterocycles. The normalized spacial score (nSPS) is 16.9. The summed E-state index contributed by atoms with van der Waals surface area (Å²) in [5, 5.41) is 12.9. The molecule has 0 radical (unpaired) electrons. The Bertz CT molecular complexity index is 548. The molecule has 1 aromatic heterocycles.